The summed E-state index contributed by atoms with van der Waals surface area (Å²) in [6.07, 6.45) is 0.778. The lowest BCUT2D eigenvalue weighted by atomic mass is 10.0. The van der Waals surface area contributed by atoms with Crippen molar-refractivity contribution in [2.75, 3.05) is 18.1 Å². The lowest BCUT2D eigenvalue weighted by molar-refractivity contribution is -0.127. The Morgan fingerprint density at radius 2 is 1.82 bits per heavy atom. The molecular weight excluding hydrogens is 485 g/mol. The van der Waals surface area contributed by atoms with Crippen LogP contribution in [0, 0.1) is 11.7 Å². The number of hydrogen-bond donors (Lipinski definition) is 1. The first kappa shape index (κ1) is 26.8. The Labute approximate surface area is 221 Å². The van der Waals surface area contributed by atoms with Crippen molar-refractivity contribution in [2.45, 2.75) is 39.8 Å². The number of ether oxygens (including phenoxy) is 1. The van der Waals surface area contributed by atoms with Gasteiger partial charge in [-0.3, -0.25) is 14.5 Å². The predicted molar refractivity (Wildman–Crippen MR) is 144 cm³/mol. The van der Waals surface area contributed by atoms with Crippen LogP contribution in [0.5, 0.6) is 5.75 Å². The number of fused-ring (bicyclic) bond motifs is 1. The van der Waals surface area contributed by atoms with E-state index in [1.165, 1.54) is 33.8 Å². The van der Waals surface area contributed by atoms with Gasteiger partial charge in [0.25, 0.3) is 0 Å². The molecule has 1 aromatic heterocycles. The molecule has 0 aliphatic rings. The monoisotopic (exact) mass is 517 g/mol. The van der Waals surface area contributed by atoms with Gasteiger partial charge in [0, 0.05) is 18.3 Å². The van der Waals surface area contributed by atoms with Crippen LogP contribution in [0.2, 0.25) is 0 Å². The highest BCUT2D eigenvalue weighted by Gasteiger charge is 2.33. The van der Waals surface area contributed by atoms with Gasteiger partial charge in [-0.05, 0) is 61.2 Å². The molecule has 0 saturated heterocycles. The van der Waals surface area contributed by atoms with Crippen molar-refractivity contribution >= 4 is 28.5 Å². The molecule has 9 heteroatoms. The summed E-state index contributed by atoms with van der Waals surface area (Å²) in [4.78, 5) is 29.2. The molecule has 3 aromatic carbocycles. The molecular formula is C29H32FN5O3. The Bertz CT molecular complexity index is 1390. The summed E-state index contributed by atoms with van der Waals surface area (Å²) in [5, 5.41) is 11.3. The number of carbonyl (C=O) groups is 2. The van der Waals surface area contributed by atoms with Gasteiger partial charge in [0.05, 0.1) is 12.1 Å². The van der Waals surface area contributed by atoms with Crippen LogP contribution < -0.4 is 15.0 Å². The molecule has 0 fully saturated rings. The van der Waals surface area contributed by atoms with Crippen LogP contribution in [0.3, 0.4) is 0 Å². The molecule has 198 valence electrons. The Kier molecular flexibility index (Phi) is 8.68. The summed E-state index contributed by atoms with van der Waals surface area (Å²) in [5.74, 6) is -0.232. The third-order valence-corrected chi connectivity index (χ3v) is 6.09. The van der Waals surface area contributed by atoms with Gasteiger partial charge < -0.3 is 10.1 Å². The van der Waals surface area contributed by atoms with Gasteiger partial charge in [0.2, 0.25) is 11.8 Å². The van der Waals surface area contributed by atoms with Crippen molar-refractivity contribution in [1.29, 1.82) is 0 Å². The number of aromatic nitrogens is 3. The van der Waals surface area contributed by atoms with E-state index in [-0.39, 0.29) is 18.4 Å². The normalized spacial score (nSPS) is 11.9. The van der Waals surface area contributed by atoms with E-state index in [1.54, 1.807) is 24.3 Å². The van der Waals surface area contributed by atoms with Crippen LogP contribution in [0.1, 0.15) is 38.8 Å². The number of nitrogens with zero attached hydrogens (tertiary/aromatic N) is 4. The summed E-state index contributed by atoms with van der Waals surface area (Å²) < 4.78 is 21.0. The summed E-state index contributed by atoms with van der Waals surface area (Å²) in [5.41, 5.74) is 2.31. The zero-order valence-electron chi connectivity index (χ0n) is 21.8. The fourth-order valence-electron chi connectivity index (χ4n) is 4.21. The van der Waals surface area contributed by atoms with E-state index in [1.807, 2.05) is 31.2 Å². The number of para-hydroxylation sites is 1. The maximum Gasteiger partial charge on any atom is 0.249 e. The van der Waals surface area contributed by atoms with Gasteiger partial charge in [-0.2, -0.15) is 0 Å². The first-order chi connectivity index (χ1) is 18.4. The van der Waals surface area contributed by atoms with Crippen LogP contribution in [-0.2, 0) is 16.1 Å². The largest absolute Gasteiger partial charge is 0.494 e. The molecule has 0 aliphatic heterocycles. The Hall–Kier alpha value is -4.27. The van der Waals surface area contributed by atoms with Gasteiger partial charge in [-0.15, -0.1) is 5.10 Å². The van der Waals surface area contributed by atoms with Gasteiger partial charge in [0.15, 0.2) is 0 Å². The second-order valence-electron chi connectivity index (χ2n) is 9.36. The highest BCUT2D eigenvalue weighted by Crippen LogP contribution is 2.31. The predicted octanol–water partition coefficient (Wildman–Crippen LogP) is 4.91. The SMILES string of the molecule is CCOc1cccc(N(C(=O)Cn2nnc3ccccc32)[C@H](C(=O)NCCC(C)C)c2ccc(F)cc2)c1. The number of nitrogens with one attached hydrogen (secondary N) is 1. The Balaban J connectivity index is 1.78. The maximum atomic E-state index is 14.0. The minimum Gasteiger partial charge on any atom is -0.494 e. The zero-order chi connectivity index (χ0) is 27.1. The Morgan fingerprint density at radius 3 is 2.55 bits per heavy atom. The molecule has 4 aromatic rings. The molecule has 1 heterocycles. The second kappa shape index (κ2) is 12.3. The summed E-state index contributed by atoms with van der Waals surface area (Å²) in [7, 11) is 0. The van der Waals surface area contributed by atoms with Crippen LogP contribution in [0.4, 0.5) is 10.1 Å². The molecule has 1 atom stereocenters. The third-order valence-electron chi connectivity index (χ3n) is 6.09. The quantitative estimate of drug-likeness (QED) is 0.306. The molecule has 0 unspecified atom stereocenters. The van der Waals surface area contributed by atoms with E-state index in [2.05, 4.69) is 29.5 Å². The van der Waals surface area contributed by atoms with Crippen LogP contribution in [0.25, 0.3) is 11.0 Å². The van der Waals surface area contributed by atoms with Crippen molar-refractivity contribution in [2.24, 2.45) is 5.92 Å². The lowest BCUT2D eigenvalue weighted by Crippen LogP contribution is -2.45. The first-order valence-corrected chi connectivity index (χ1v) is 12.7. The van der Waals surface area contributed by atoms with E-state index in [0.717, 1.165) is 6.42 Å². The number of amides is 2. The smallest absolute Gasteiger partial charge is 0.249 e. The third kappa shape index (κ3) is 6.34. The van der Waals surface area contributed by atoms with E-state index < -0.39 is 11.9 Å². The van der Waals surface area contributed by atoms with E-state index in [9.17, 15) is 14.0 Å². The first-order valence-electron chi connectivity index (χ1n) is 12.7. The summed E-state index contributed by atoms with van der Waals surface area (Å²) in [6, 6.07) is 18.9. The molecule has 0 bridgehead atoms. The van der Waals surface area contributed by atoms with E-state index in [4.69, 9.17) is 4.74 Å². The topological polar surface area (TPSA) is 89.3 Å². The molecule has 0 aliphatic carbocycles. The fourth-order valence-corrected chi connectivity index (χ4v) is 4.21. The zero-order valence-corrected chi connectivity index (χ0v) is 21.8. The molecule has 8 nitrogen and oxygen atoms in total. The summed E-state index contributed by atoms with van der Waals surface area (Å²) in [6.45, 7) is 6.75. The van der Waals surface area contributed by atoms with Crippen LogP contribution in [0.15, 0.2) is 72.8 Å². The Morgan fingerprint density at radius 1 is 1.05 bits per heavy atom. The molecule has 0 spiro atoms. The second-order valence-corrected chi connectivity index (χ2v) is 9.36. The number of halogens is 1. The van der Waals surface area contributed by atoms with Crippen molar-refractivity contribution in [3.63, 3.8) is 0 Å². The molecule has 0 saturated carbocycles. The van der Waals surface area contributed by atoms with Gasteiger partial charge >= 0.3 is 0 Å². The summed E-state index contributed by atoms with van der Waals surface area (Å²) >= 11 is 0. The van der Waals surface area contributed by atoms with Crippen molar-refractivity contribution in [3.05, 3.63) is 84.2 Å². The standard InChI is InChI=1S/C29H32FN5O3/c1-4-38-24-9-7-8-23(18-24)35(27(36)19-34-26-11-6-5-10-25(26)32-33-34)28(21-12-14-22(30)15-13-21)29(37)31-17-16-20(2)3/h5-15,18,20,28H,4,16-17,19H2,1-3H3,(H,31,37)/t28-/m0/s1. The molecule has 4 rings (SSSR count). The fraction of sp³-hybridized carbons (Fsp3) is 0.310. The highest BCUT2D eigenvalue weighted by molar-refractivity contribution is 6.01. The molecule has 1 N–H and O–H groups in total. The number of benzene rings is 3. The lowest BCUT2D eigenvalue weighted by Gasteiger charge is -2.32. The van der Waals surface area contributed by atoms with Gasteiger partial charge in [-0.1, -0.05) is 49.4 Å². The van der Waals surface area contributed by atoms with Crippen molar-refractivity contribution < 1.29 is 18.7 Å². The molecule has 2 amide bonds. The van der Waals surface area contributed by atoms with Crippen LogP contribution in [-0.4, -0.2) is 40.0 Å². The minimum atomic E-state index is -1.05. The minimum absolute atomic E-state index is 0.156. The number of rotatable bonds is 11. The van der Waals surface area contributed by atoms with Gasteiger partial charge in [-0.25, -0.2) is 9.07 Å². The van der Waals surface area contributed by atoms with Gasteiger partial charge in [0.1, 0.15) is 29.7 Å². The number of hydrogen-bond acceptors (Lipinski definition) is 5. The van der Waals surface area contributed by atoms with Crippen molar-refractivity contribution in [1.82, 2.24) is 20.3 Å². The number of carbonyl (C=O) groups excluding carboxylic acids is 2. The maximum absolute atomic E-state index is 14.0. The van der Waals surface area contributed by atoms with E-state index >= 15 is 0 Å². The highest BCUT2D eigenvalue weighted by atomic mass is 19.1. The van der Waals surface area contributed by atoms with Crippen molar-refractivity contribution in [3.8, 4) is 5.75 Å². The average molecular weight is 518 g/mol. The average Bonchev–Trinajstić information content (AvgIpc) is 3.30. The van der Waals surface area contributed by atoms with E-state index in [0.29, 0.717) is 47.1 Å². The number of anilines is 1. The van der Waals surface area contributed by atoms with Crippen LogP contribution >= 0.6 is 0 Å². The molecule has 38 heavy (non-hydrogen) atoms. The molecule has 0 radical (unpaired) electrons.